The van der Waals surface area contributed by atoms with Crippen LogP contribution in [-0.4, -0.2) is 42.9 Å². The van der Waals surface area contributed by atoms with Gasteiger partial charge in [0.15, 0.2) is 5.79 Å². The molecule has 2 heterocycles. The molecule has 108 valence electrons. The van der Waals surface area contributed by atoms with Crippen LogP contribution in [0.3, 0.4) is 0 Å². The predicted molar refractivity (Wildman–Crippen MR) is 78.3 cm³/mol. The summed E-state index contributed by atoms with van der Waals surface area (Å²) in [6, 6.07) is 5.34. The van der Waals surface area contributed by atoms with Crippen LogP contribution in [0.25, 0.3) is 0 Å². The van der Waals surface area contributed by atoms with Crippen molar-refractivity contribution in [1.29, 1.82) is 0 Å². The summed E-state index contributed by atoms with van der Waals surface area (Å²) in [6.45, 7) is 2.55. The van der Waals surface area contributed by atoms with E-state index in [-0.39, 0.29) is 5.91 Å². The van der Waals surface area contributed by atoms with Crippen LogP contribution in [0.4, 0.5) is 5.69 Å². The van der Waals surface area contributed by atoms with Crippen molar-refractivity contribution < 1.29 is 14.3 Å². The Morgan fingerprint density at radius 3 is 2.55 bits per heavy atom. The Balaban J connectivity index is 1.71. The van der Waals surface area contributed by atoms with Gasteiger partial charge >= 0.3 is 0 Å². The lowest BCUT2D eigenvalue weighted by Gasteiger charge is -2.37. The van der Waals surface area contributed by atoms with Gasteiger partial charge in [0.25, 0.3) is 5.91 Å². The Labute approximate surface area is 126 Å². The van der Waals surface area contributed by atoms with Crippen molar-refractivity contribution in [3.8, 4) is 0 Å². The van der Waals surface area contributed by atoms with Gasteiger partial charge in [0.1, 0.15) is 0 Å². The van der Waals surface area contributed by atoms with E-state index in [1.165, 1.54) is 0 Å². The zero-order valence-corrected chi connectivity index (χ0v) is 12.7. The lowest BCUT2D eigenvalue weighted by molar-refractivity contribution is -0.181. The minimum Gasteiger partial charge on any atom is -0.398 e. The number of hydrogen-bond donors (Lipinski definition) is 1. The van der Waals surface area contributed by atoms with Crippen molar-refractivity contribution in [1.82, 2.24) is 4.90 Å². The molecule has 2 N–H and O–H groups in total. The van der Waals surface area contributed by atoms with Gasteiger partial charge in [-0.25, -0.2) is 0 Å². The number of halogens is 1. The first-order valence-electron chi connectivity index (χ1n) is 6.72. The largest absolute Gasteiger partial charge is 0.398 e. The van der Waals surface area contributed by atoms with Crippen LogP contribution in [0.15, 0.2) is 22.7 Å². The number of carbonyl (C=O) groups is 1. The van der Waals surface area contributed by atoms with Crippen molar-refractivity contribution in [3.63, 3.8) is 0 Å². The Morgan fingerprint density at radius 1 is 1.25 bits per heavy atom. The Kier molecular flexibility index (Phi) is 3.70. The molecule has 5 nitrogen and oxygen atoms in total. The summed E-state index contributed by atoms with van der Waals surface area (Å²) in [6.07, 6.45) is 1.43. The third kappa shape index (κ3) is 2.55. The molecule has 2 aliphatic rings. The molecular weight excluding hydrogens is 324 g/mol. The van der Waals surface area contributed by atoms with Gasteiger partial charge in [-0.05, 0) is 18.2 Å². The van der Waals surface area contributed by atoms with Crippen molar-refractivity contribution in [2.45, 2.75) is 18.6 Å². The highest BCUT2D eigenvalue weighted by atomic mass is 79.9. The number of likely N-dealkylation sites (tertiary alicyclic amines) is 1. The summed E-state index contributed by atoms with van der Waals surface area (Å²) in [4.78, 5) is 14.3. The highest BCUT2D eigenvalue weighted by Gasteiger charge is 2.41. The summed E-state index contributed by atoms with van der Waals surface area (Å²) in [7, 11) is 0. The third-order valence-corrected chi connectivity index (χ3v) is 4.37. The molecule has 2 aliphatic heterocycles. The quantitative estimate of drug-likeness (QED) is 0.794. The van der Waals surface area contributed by atoms with Crippen LogP contribution >= 0.6 is 15.9 Å². The molecule has 2 fully saturated rings. The summed E-state index contributed by atoms with van der Waals surface area (Å²) in [5, 5.41) is 0. The normalized spacial score (nSPS) is 21.4. The molecule has 0 atom stereocenters. The van der Waals surface area contributed by atoms with Gasteiger partial charge in [-0.3, -0.25) is 4.79 Å². The van der Waals surface area contributed by atoms with Gasteiger partial charge in [-0.2, -0.15) is 0 Å². The maximum absolute atomic E-state index is 12.5. The van der Waals surface area contributed by atoms with E-state index in [1.807, 2.05) is 11.0 Å². The standard InChI is InChI=1S/C14H17BrN2O3/c15-10-1-2-12(16)11(9-10)13(18)17-5-3-14(4-6-17)19-7-8-20-14/h1-2,9H,3-8,16H2. The molecule has 1 aromatic carbocycles. The average Bonchev–Trinajstić information content (AvgIpc) is 2.90. The van der Waals surface area contributed by atoms with E-state index in [0.717, 1.165) is 4.47 Å². The Bertz CT molecular complexity index is 519. The number of amides is 1. The molecule has 0 aliphatic carbocycles. The number of rotatable bonds is 1. The number of benzene rings is 1. The second-order valence-electron chi connectivity index (χ2n) is 5.13. The fourth-order valence-electron chi connectivity index (χ4n) is 2.72. The average molecular weight is 341 g/mol. The smallest absolute Gasteiger partial charge is 0.255 e. The molecule has 0 bridgehead atoms. The van der Waals surface area contributed by atoms with Crippen LogP contribution in [0.5, 0.6) is 0 Å². The topological polar surface area (TPSA) is 64.8 Å². The Hall–Kier alpha value is -1.11. The van der Waals surface area contributed by atoms with Crippen LogP contribution < -0.4 is 5.73 Å². The van der Waals surface area contributed by atoms with E-state index < -0.39 is 5.79 Å². The first-order chi connectivity index (χ1) is 9.60. The zero-order valence-electron chi connectivity index (χ0n) is 11.1. The zero-order chi connectivity index (χ0) is 14.2. The lowest BCUT2D eigenvalue weighted by atomic mass is 10.0. The number of ether oxygens (including phenoxy) is 2. The molecule has 3 rings (SSSR count). The van der Waals surface area contributed by atoms with Crippen molar-refractivity contribution >= 4 is 27.5 Å². The molecule has 0 aromatic heterocycles. The minimum atomic E-state index is -0.459. The number of hydrogen-bond acceptors (Lipinski definition) is 4. The van der Waals surface area contributed by atoms with Gasteiger partial charge in [0.2, 0.25) is 0 Å². The van der Waals surface area contributed by atoms with E-state index in [0.29, 0.717) is 50.4 Å². The maximum atomic E-state index is 12.5. The second-order valence-corrected chi connectivity index (χ2v) is 6.05. The van der Waals surface area contributed by atoms with E-state index in [4.69, 9.17) is 15.2 Å². The lowest BCUT2D eigenvalue weighted by Crippen LogP contribution is -2.47. The number of anilines is 1. The summed E-state index contributed by atoms with van der Waals surface area (Å²) >= 11 is 3.37. The van der Waals surface area contributed by atoms with Crippen LogP contribution in [0.2, 0.25) is 0 Å². The van der Waals surface area contributed by atoms with E-state index in [9.17, 15) is 4.79 Å². The highest BCUT2D eigenvalue weighted by molar-refractivity contribution is 9.10. The summed E-state index contributed by atoms with van der Waals surface area (Å²) in [5.41, 5.74) is 6.95. The van der Waals surface area contributed by atoms with Crippen LogP contribution in [-0.2, 0) is 9.47 Å². The molecule has 0 unspecified atom stereocenters. The van der Waals surface area contributed by atoms with Crippen LogP contribution in [0.1, 0.15) is 23.2 Å². The number of nitrogens with zero attached hydrogens (tertiary/aromatic N) is 1. The van der Waals surface area contributed by atoms with Gasteiger partial charge in [0, 0.05) is 36.1 Å². The highest BCUT2D eigenvalue weighted by Crippen LogP contribution is 2.32. The van der Waals surface area contributed by atoms with E-state index in [2.05, 4.69) is 15.9 Å². The first kappa shape index (κ1) is 13.9. The summed E-state index contributed by atoms with van der Waals surface area (Å²) in [5.74, 6) is -0.490. The number of nitrogen functional groups attached to an aromatic ring is 1. The molecule has 0 radical (unpaired) electrons. The van der Waals surface area contributed by atoms with Crippen molar-refractivity contribution in [3.05, 3.63) is 28.2 Å². The van der Waals surface area contributed by atoms with Gasteiger partial charge in [-0.1, -0.05) is 15.9 Å². The molecule has 6 heteroatoms. The maximum Gasteiger partial charge on any atom is 0.255 e. The van der Waals surface area contributed by atoms with Gasteiger partial charge in [0.05, 0.1) is 18.8 Å². The molecule has 20 heavy (non-hydrogen) atoms. The third-order valence-electron chi connectivity index (χ3n) is 3.87. The monoisotopic (exact) mass is 340 g/mol. The molecule has 1 aromatic rings. The van der Waals surface area contributed by atoms with E-state index in [1.54, 1.807) is 12.1 Å². The molecule has 2 saturated heterocycles. The fraction of sp³-hybridized carbons (Fsp3) is 0.500. The number of carbonyl (C=O) groups excluding carboxylic acids is 1. The van der Waals surface area contributed by atoms with Crippen LogP contribution in [0, 0.1) is 0 Å². The first-order valence-corrected chi connectivity index (χ1v) is 7.51. The molecule has 1 amide bonds. The SMILES string of the molecule is Nc1ccc(Br)cc1C(=O)N1CCC2(CC1)OCCO2. The second kappa shape index (κ2) is 5.35. The summed E-state index contributed by atoms with van der Waals surface area (Å²) < 4.78 is 12.2. The number of nitrogens with two attached hydrogens (primary N) is 1. The minimum absolute atomic E-state index is 0.0309. The fourth-order valence-corrected chi connectivity index (χ4v) is 3.08. The van der Waals surface area contributed by atoms with Crippen molar-refractivity contribution in [2.75, 3.05) is 32.0 Å². The number of piperidine rings is 1. The van der Waals surface area contributed by atoms with Gasteiger partial charge in [-0.15, -0.1) is 0 Å². The Morgan fingerprint density at radius 2 is 1.90 bits per heavy atom. The predicted octanol–water partition coefficient (Wildman–Crippen LogP) is 2.01. The van der Waals surface area contributed by atoms with Gasteiger partial charge < -0.3 is 20.1 Å². The molecule has 0 saturated carbocycles. The molecule has 1 spiro atoms. The van der Waals surface area contributed by atoms with E-state index >= 15 is 0 Å². The molecular formula is C14H17BrN2O3. The van der Waals surface area contributed by atoms with Crippen molar-refractivity contribution in [2.24, 2.45) is 0 Å².